The van der Waals surface area contributed by atoms with E-state index in [0.29, 0.717) is 30.5 Å². The number of ether oxygens (including phenoxy) is 2. The molecule has 0 saturated carbocycles. The lowest BCUT2D eigenvalue weighted by molar-refractivity contribution is 0.228. The van der Waals surface area contributed by atoms with Crippen LogP contribution in [0, 0.1) is 11.8 Å². The first-order valence-electron chi connectivity index (χ1n) is 16.6. The summed E-state index contributed by atoms with van der Waals surface area (Å²) in [5, 5.41) is 35.0. The Hall–Kier alpha value is -5.37. The molecule has 1 fully saturated rings. The molecule has 0 spiro atoms. The number of rotatable bonds is 8. The molecule has 2 aliphatic heterocycles. The molecule has 7 rings (SSSR count). The van der Waals surface area contributed by atoms with Crippen LogP contribution < -0.4 is 25.1 Å². The molecule has 4 bridgehead atoms. The SMILES string of the molecule is CCc1cc2c([nH]1)N1CCNC(C#CC(c3c(O)c(OC)c(OCCCO)c4c(=O)cc(-c5ccc(O)cc5)oc34)Cc3cccc-2c3)C1. The maximum atomic E-state index is 14.0. The summed E-state index contributed by atoms with van der Waals surface area (Å²) in [6.45, 7) is 4.34. The number of aryl methyl sites for hydroxylation is 1. The van der Waals surface area contributed by atoms with Crippen molar-refractivity contribution in [2.24, 2.45) is 0 Å². The predicted octanol–water partition coefficient (Wildman–Crippen LogP) is 5.32. The van der Waals surface area contributed by atoms with Gasteiger partial charge in [0.15, 0.2) is 22.5 Å². The highest BCUT2D eigenvalue weighted by atomic mass is 16.5. The summed E-state index contributed by atoms with van der Waals surface area (Å²) in [6, 6.07) is 18.1. The average molecular weight is 662 g/mol. The van der Waals surface area contributed by atoms with Crippen molar-refractivity contribution in [3.05, 3.63) is 87.7 Å². The second-order valence-corrected chi connectivity index (χ2v) is 12.4. The van der Waals surface area contributed by atoms with E-state index < -0.39 is 11.3 Å². The molecule has 0 amide bonds. The van der Waals surface area contributed by atoms with Crippen LogP contribution in [0.2, 0.25) is 0 Å². The van der Waals surface area contributed by atoms with E-state index in [1.165, 1.54) is 25.3 Å². The first-order chi connectivity index (χ1) is 23.9. The Morgan fingerprint density at radius 2 is 1.88 bits per heavy atom. The molecule has 5 N–H and O–H groups in total. The van der Waals surface area contributed by atoms with Crippen molar-refractivity contribution in [1.82, 2.24) is 10.3 Å². The number of aliphatic hydroxyl groups is 1. The number of fused-ring (bicyclic) bond motifs is 8. The van der Waals surface area contributed by atoms with Crippen molar-refractivity contribution >= 4 is 16.8 Å². The average Bonchev–Trinajstić information content (AvgIpc) is 3.55. The summed E-state index contributed by atoms with van der Waals surface area (Å²) < 4.78 is 18.2. The highest BCUT2D eigenvalue weighted by Gasteiger charge is 2.31. The third-order valence-electron chi connectivity index (χ3n) is 9.18. The van der Waals surface area contributed by atoms with E-state index in [1.807, 2.05) is 12.1 Å². The lowest BCUT2D eigenvalue weighted by atomic mass is 9.88. The summed E-state index contributed by atoms with van der Waals surface area (Å²) in [5.74, 6) is 7.53. The summed E-state index contributed by atoms with van der Waals surface area (Å²) in [6.07, 6.45) is 1.60. The Kier molecular flexibility index (Phi) is 8.95. The van der Waals surface area contributed by atoms with Crippen LogP contribution in [-0.4, -0.2) is 66.3 Å². The normalized spacial score (nSPS) is 17.0. The smallest absolute Gasteiger partial charge is 0.204 e. The number of aromatic nitrogens is 1. The van der Waals surface area contributed by atoms with Gasteiger partial charge in [0, 0.05) is 55.5 Å². The van der Waals surface area contributed by atoms with Gasteiger partial charge in [0.05, 0.1) is 31.2 Å². The molecule has 2 unspecified atom stereocenters. The number of nitrogens with zero attached hydrogens (tertiary/aromatic N) is 1. The van der Waals surface area contributed by atoms with Gasteiger partial charge in [0.2, 0.25) is 5.75 Å². The van der Waals surface area contributed by atoms with Gasteiger partial charge in [-0.05, 0) is 54.3 Å². The van der Waals surface area contributed by atoms with E-state index in [9.17, 15) is 20.1 Å². The number of phenolic OH excluding ortho intramolecular Hbond substituents is 2. The first kappa shape index (κ1) is 32.2. The number of piperazine rings is 1. The van der Waals surface area contributed by atoms with Gasteiger partial charge in [-0.25, -0.2) is 0 Å². The van der Waals surface area contributed by atoms with Crippen LogP contribution >= 0.6 is 0 Å². The molecule has 10 nitrogen and oxygen atoms in total. The molecule has 10 heteroatoms. The maximum Gasteiger partial charge on any atom is 0.204 e. The fourth-order valence-corrected chi connectivity index (χ4v) is 6.74. The number of hydrogen-bond donors (Lipinski definition) is 5. The van der Waals surface area contributed by atoms with Gasteiger partial charge in [0.1, 0.15) is 22.7 Å². The number of anilines is 1. The molecule has 252 valence electrons. The zero-order valence-electron chi connectivity index (χ0n) is 27.5. The summed E-state index contributed by atoms with van der Waals surface area (Å²) in [5.41, 5.74) is 4.97. The van der Waals surface area contributed by atoms with Crippen LogP contribution in [-0.2, 0) is 12.8 Å². The minimum Gasteiger partial charge on any atom is -0.508 e. The van der Waals surface area contributed by atoms with Gasteiger partial charge in [-0.1, -0.05) is 43.0 Å². The molecule has 0 aliphatic carbocycles. The topological polar surface area (TPSA) is 140 Å². The quantitative estimate of drug-likeness (QED) is 0.110. The second kappa shape index (κ2) is 13.6. The van der Waals surface area contributed by atoms with Crippen LogP contribution in [0.15, 0.2) is 69.9 Å². The maximum absolute atomic E-state index is 14.0. The number of H-pyrrole nitrogens is 1. The zero-order valence-corrected chi connectivity index (χ0v) is 27.5. The standard InChI is InChI=1S/C39H39N3O7/c1-3-27-20-30-25-7-4-6-23(18-25)19-26(8-11-28-22-42(15-14-40-28)39(30)41-27)33-35(46)38(47-2)37(48-17-5-16-43)34-31(45)21-32(49-36(33)34)24-9-12-29(44)13-10-24/h4,6-7,9-10,12-13,18,20-21,26,28,40-41,43-44,46H,3,5,14-17,19,22H2,1-2H3. The van der Waals surface area contributed by atoms with Crippen LogP contribution in [0.1, 0.15) is 36.1 Å². The van der Waals surface area contributed by atoms with Crippen LogP contribution in [0.3, 0.4) is 0 Å². The number of hydrogen-bond acceptors (Lipinski definition) is 9. The summed E-state index contributed by atoms with van der Waals surface area (Å²) >= 11 is 0. The molecule has 4 heterocycles. The zero-order chi connectivity index (χ0) is 34.1. The monoisotopic (exact) mass is 661 g/mol. The Morgan fingerprint density at radius 1 is 1.04 bits per heavy atom. The van der Waals surface area contributed by atoms with Crippen molar-refractivity contribution < 1.29 is 29.2 Å². The number of phenols is 2. The summed E-state index contributed by atoms with van der Waals surface area (Å²) in [7, 11) is 1.41. The van der Waals surface area contributed by atoms with Gasteiger partial charge in [-0.3, -0.25) is 4.79 Å². The fourth-order valence-electron chi connectivity index (χ4n) is 6.74. The largest absolute Gasteiger partial charge is 0.508 e. The van der Waals surface area contributed by atoms with Crippen LogP contribution in [0.4, 0.5) is 5.82 Å². The van der Waals surface area contributed by atoms with E-state index in [0.717, 1.165) is 47.7 Å². The van der Waals surface area contributed by atoms with Gasteiger partial charge in [-0.2, -0.15) is 0 Å². The van der Waals surface area contributed by atoms with Gasteiger partial charge in [-0.15, -0.1) is 0 Å². The number of aromatic amines is 1. The van der Waals surface area contributed by atoms with Gasteiger partial charge in [0.25, 0.3) is 0 Å². The number of nitrogens with one attached hydrogen (secondary N) is 2. The molecular formula is C39H39N3O7. The molecule has 2 aromatic heterocycles. The molecule has 49 heavy (non-hydrogen) atoms. The van der Waals surface area contributed by atoms with Crippen LogP contribution in [0.25, 0.3) is 33.4 Å². The summed E-state index contributed by atoms with van der Waals surface area (Å²) in [4.78, 5) is 20.0. The predicted molar refractivity (Wildman–Crippen MR) is 189 cm³/mol. The molecule has 3 aromatic carbocycles. The fraction of sp³-hybridized carbons (Fsp3) is 0.308. The van der Waals surface area contributed by atoms with Crippen LogP contribution in [0.5, 0.6) is 23.0 Å². The Bertz CT molecular complexity index is 2120. The number of aromatic hydroxyl groups is 2. The van der Waals surface area contributed by atoms with Gasteiger partial charge >= 0.3 is 0 Å². The number of benzene rings is 3. The lowest BCUT2D eigenvalue weighted by Gasteiger charge is -2.33. The van der Waals surface area contributed by atoms with E-state index in [2.05, 4.69) is 52.2 Å². The minimum absolute atomic E-state index is 0.00202. The Balaban J connectivity index is 1.47. The van der Waals surface area contributed by atoms with E-state index in [4.69, 9.17) is 13.9 Å². The van der Waals surface area contributed by atoms with E-state index in [-0.39, 0.29) is 59.0 Å². The first-order valence-corrected chi connectivity index (χ1v) is 16.6. The Morgan fingerprint density at radius 3 is 2.65 bits per heavy atom. The highest BCUT2D eigenvalue weighted by molar-refractivity contribution is 5.94. The van der Waals surface area contributed by atoms with Crippen molar-refractivity contribution in [3.8, 4) is 57.3 Å². The molecule has 2 aliphatic rings. The van der Waals surface area contributed by atoms with Crippen molar-refractivity contribution in [2.75, 3.05) is 44.9 Å². The van der Waals surface area contributed by atoms with Crippen molar-refractivity contribution in [2.45, 2.75) is 38.1 Å². The molecule has 0 radical (unpaired) electrons. The number of methoxy groups -OCH3 is 1. The molecule has 5 aromatic rings. The minimum atomic E-state index is -0.620. The lowest BCUT2D eigenvalue weighted by Crippen LogP contribution is -2.50. The second-order valence-electron chi connectivity index (χ2n) is 12.4. The van der Waals surface area contributed by atoms with Crippen molar-refractivity contribution in [1.29, 1.82) is 0 Å². The highest BCUT2D eigenvalue weighted by Crippen LogP contribution is 2.49. The third kappa shape index (κ3) is 6.19. The van der Waals surface area contributed by atoms with E-state index in [1.54, 1.807) is 12.1 Å². The van der Waals surface area contributed by atoms with E-state index >= 15 is 0 Å². The van der Waals surface area contributed by atoms with Crippen molar-refractivity contribution in [3.63, 3.8) is 0 Å². The molecular weight excluding hydrogens is 622 g/mol. The Labute approximate surface area is 283 Å². The third-order valence-corrected chi connectivity index (χ3v) is 9.18. The van der Waals surface area contributed by atoms with Gasteiger partial charge < -0.3 is 44.4 Å². The molecule has 2 atom stereocenters. The number of aliphatic hydroxyl groups excluding tert-OH is 1. The molecule has 1 saturated heterocycles.